The van der Waals surface area contributed by atoms with E-state index >= 15 is 0 Å². The van der Waals surface area contributed by atoms with Gasteiger partial charge in [-0.05, 0) is 210 Å². The molecule has 0 amide bonds. The summed E-state index contributed by atoms with van der Waals surface area (Å²) in [4.78, 5) is 2.46. The third-order valence-corrected chi connectivity index (χ3v) is 21.8. The molecule has 16 aromatic rings. The Morgan fingerprint density at radius 1 is 0.212 bits per heavy atom. The molecule has 0 aromatic heterocycles. The SMILES string of the molecule is CC.CC.CC.CC.CC.CC.CC.CC.CC.CC.CCN(CC)Cc1ccc2c3ccccc3c3ccccc3c2c1.CCNCc1ccc2c3ccccc3c3ccccc3c2c1.Cc1ccc2c(c1)-c1ccccc1C21c2ccccc2-c2ccccc21.Cc1ccc2c(c1)-c1ccccc1C21c2ccccc2-c2ccccc21. The molecule has 0 fully saturated rings. The van der Waals surface area contributed by atoms with Crippen LogP contribution in [0.5, 0.6) is 0 Å². The summed E-state index contributed by atoms with van der Waals surface area (Å²) in [5, 5.41) is 19.6. The van der Waals surface area contributed by atoms with E-state index in [0.717, 1.165) is 32.7 Å². The molecule has 118 heavy (non-hydrogen) atoms. The third kappa shape index (κ3) is 18.0. The van der Waals surface area contributed by atoms with Crippen LogP contribution < -0.4 is 5.32 Å². The quantitative estimate of drug-likeness (QED) is 0.160. The van der Waals surface area contributed by atoms with Gasteiger partial charge in [0.25, 0.3) is 0 Å². The van der Waals surface area contributed by atoms with E-state index in [-0.39, 0.29) is 10.8 Å². The first-order valence-corrected chi connectivity index (χ1v) is 45.2. The number of nitrogens with one attached hydrogen (secondary N) is 1. The fourth-order valence-electron chi connectivity index (χ4n) is 17.5. The normalized spacial score (nSPS) is 11.5. The highest BCUT2D eigenvalue weighted by Gasteiger charge is 2.53. The highest BCUT2D eigenvalue weighted by Crippen LogP contribution is 2.64. The van der Waals surface area contributed by atoms with E-state index in [0.29, 0.717) is 0 Å². The average Bonchev–Trinajstić information content (AvgIpc) is 1.48. The molecular weight excluding hydrogens is 1420 g/mol. The minimum Gasteiger partial charge on any atom is -0.313 e. The van der Waals surface area contributed by atoms with E-state index in [1.54, 1.807) is 0 Å². The molecule has 2 heteroatoms. The Morgan fingerprint density at radius 3 is 0.686 bits per heavy atom. The Balaban J connectivity index is 0.000000203. The van der Waals surface area contributed by atoms with Gasteiger partial charge in [-0.3, -0.25) is 4.90 Å². The third-order valence-electron chi connectivity index (χ3n) is 21.8. The topological polar surface area (TPSA) is 15.3 Å². The van der Waals surface area contributed by atoms with E-state index in [4.69, 9.17) is 0 Å². The molecule has 2 nitrogen and oxygen atoms in total. The largest absolute Gasteiger partial charge is 0.313 e. The van der Waals surface area contributed by atoms with Crippen LogP contribution in [0.4, 0.5) is 0 Å². The zero-order chi connectivity index (χ0) is 86.1. The maximum Gasteiger partial charge on any atom is 0.0725 e. The lowest BCUT2D eigenvalue weighted by atomic mass is 9.70. The van der Waals surface area contributed by atoms with Gasteiger partial charge < -0.3 is 5.32 Å². The summed E-state index contributed by atoms with van der Waals surface area (Å²) in [6, 6.07) is 116. The molecule has 20 rings (SSSR count). The van der Waals surface area contributed by atoms with Gasteiger partial charge in [-0.2, -0.15) is 0 Å². The van der Waals surface area contributed by atoms with Gasteiger partial charge in [0.15, 0.2) is 0 Å². The lowest BCUT2D eigenvalue weighted by molar-refractivity contribution is 0.296. The van der Waals surface area contributed by atoms with Gasteiger partial charge in [-0.25, -0.2) is 0 Å². The van der Waals surface area contributed by atoms with E-state index in [9.17, 15) is 0 Å². The van der Waals surface area contributed by atoms with Gasteiger partial charge in [0.1, 0.15) is 0 Å². The zero-order valence-electron chi connectivity index (χ0n) is 76.5. The number of aryl methyl sites for hydroxylation is 2. The summed E-state index contributed by atoms with van der Waals surface area (Å²) in [5.41, 5.74) is 27.3. The van der Waals surface area contributed by atoms with Crippen LogP contribution in [-0.4, -0.2) is 24.5 Å². The average molecular weight is 1560 g/mol. The molecule has 1 N–H and O–H groups in total. The molecule has 0 bridgehead atoms. The van der Waals surface area contributed by atoms with E-state index < -0.39 is 0 Å². The Bertz CT molecular complexity index is 5450. The van der Waals surface area contributed by atoms with Gasteiger partial charge in [0.2, 0.25) is 0 Å². The number of hydrogen-bond donors (Lipinski definition) is 1. The van der Waals surface area contributed by atoms with Crippen molar-refractivity contribution in [3.63, 3.8) is 0 Å². The highest BCUT2D eigenvalue weighted by molar-refractivity contribution is 6.26. The van der Waals surface area contributed by atoms with Crippen molar-refractivity contribution in [1.29, 1.82) is 0 Å². The molecular formula is C116H138N2. The molecule has 0 saturated carbocycles. The van der Waals surface area contributed by atoms with Gasteiger partial charge in [0, 0.05) is 13.1 Å². The molecule has 0 heterocycles. The number of fused-ring (bicyclic) bond motifs is 32. The van der Waals surface area contributed by atoms with Crippen molar-refractivity contribution >= 4 is 64.6 Å². The van der Waals surface area contributed by atoms with Gasteiger partial charge in [-0.1, -0.05) is 474 Å². The van der Waals surface area contributed by atoms with Crippen LogP contribution in [0.2, 0.25) is 0 Å². The second-order valence-electron chi connectivity index (χ2n) is 27.1. The Hall–Kier alpha value is -11.0. The summed E-state index contributed by atoms with van der Waals surface area (Å²) in [7, 11) is 0. The standard InChI is InChI=1S/2C26H18.C23H23N.C21H19N.10C2H6/c2*1-17-14-15-25-21(16-17)20-10-4-7-13-24(20)26(25)22-11-5-2-8-18(22)19-9-3-6-12-23(19)26;1-3-24(4-2)16-17-13-14-22-20-11-6-5-9-18(20)19-10-7-8-12-21(19)23(22)15-17;1-2-22-14-15-11-12-20-18-9-4-3-7-16(18)17-8-5-6-10-19(17)21(20)13-15;10*1-2/h2*2-16H,1H3;5-15H,3-4,16H2,1-2H3;3-13,22H,2,14H2,1H3;10*1-2H3. The molecule has 0 atom stereocenters. The Morgan fingerprint density at radius 2 is 0.424 bits per heavy atom. The van der Waals surface area contributed by atoms with Crippen LogP contribution in [0.3, 0.4) is 0 Å². The Kier molecular flexibility index (Phi) is 37.4. The summed E-state index contributed by atoms with van der Waals surface area (Å²) >= 11 is 0. The molecule has 4 aliphatic carbocycles. The molecule has 0 unspecified atom stereocenters. The maximum absolute atomic E-state index is 3.41. The molecule has 0 saturated heterocycles. The molecule has 0 aliphatic heterocycles. The van der Waals surface area contributed by atoms with Crippen LogP contribution in [0.1, 0.15) is 226 Å². The smallest absolute Gasteiger partial charge is 0.0725 e. The Labute approximate surface area is 713 Å². The van der Waals surface area contributed by atoms with Gasteiger partial charge in [-0.15, -0.1) is 0 Å². The van der Waals surface area contributed by atoms with Crippen molar-refractivity contribution in [3.8, 4) is 44.5 Å². The molecule has 16 aromatic carbocycles. The minimum atomic E-state index is -0.188. The van der Waals surface area contributed by atoms with Crippen molar-refractivity contribution in [3.05, 3.63) is 382 Å². The van der Waals surface area contributed by atoms with Crippen molar-refractivity contribution in [2.75, 3.05) is 19.6 Å². The van der Waals surface area contributed by atoms with Crippen LogP contribution in [0.25, 0.3) is 109 Å². The lowest BCUT2D eigenvalue weighted by Gasteiger charge is -2.30. The highest BCUT2D eigenvalue weighted by atomic mass is 15.1. The van der Waals surface area contributed by atoms with Crippen molar-refractivity contribution < 1.29 is 0 Å². The minimum absolute atomic E-state index is 0.188. The maximum atomic E-state index is 3.41. The predicted molar refractivity (Wildman–Crippen MR) is 530 cm³/mol. The van der Waals surface area contributed by atoms with E-state index in [1.165, 1.54) is 176 Å². The fourth-order valence-corrected chi connectivity index (χ4v) is 17.5. The molecule has 612 valence electrons. The number of nitrogens with zero attached hydrogens (tertiary/aromatic N) is 1. The van der Waals surface area contributed by atoms with Crippen molar-refractivity contribution in [1.82, 2.24) is 10.2 Å². The zero-order valence-corrected chi connectivity index (χ0v) is 76.5. The first-order chi connectivity index (χ1) is 58.3. The van der Waals surface area contributed by atoms with Crippen LogP contribution in [0, 0.1) is 13.8 Å². The summed E-state index contributed by atoms with van der Waals surface area (Å²) in [5.74, 6) is 0. The predicted octanol–water partition coefficient (Wildman–Crippen LogP) is 34.2. The fraction of sp³-hybridized carbons (Fsp3) is 0.276. The van der Waals surface area contributed by atoms with E-state index in [1.807, 2.05) is 138 Å². The second-order valence-corrected chi connectivity index (χ2v) is 27.1. The van der Waals surface area contributed by atoms with Crippen molar-refractivity contribution in [2.24, 2.45) is 0 Å². The van der Waals surface area contributed by atoms with Crippen LogP contribution in [0.15, 0.2) is 315 Å². The van der Waals surface area contributed by atoms with Gasteiger partial charge in [0.05, 0.1) is 10.8 Å². The van der Waals surface area contributed by atoms with Crippen molar-refractivity contribution in [2.45, 2.75) is 197 Å². The van der Waals surface area contributed by atoms with E-state index in [2.05, 4.69) is 360 Å². The van der Waals surface area contributed by atoms with Crippen LogP contribution in [-0.2, 0) is 23.9 Å². The molecule has 2 spiro atoms. The summed E-state index contributed by atoms with van der Waals surface area (Å²) in [6.07, 6.45) is 0. The summed E-state index contributed by atoms with van der Waals surface area (Å²) in [6.45, 7) is 56.1. The lowest BCUT2D eigenvalue weighted by Crippen LogP contribution is -2.25. The molecule has 4 aliphatic rings. The monoisotopic (exact) mass is 1560 g/mol. The first-order valence-electron chi connectivity index (χ1n) is 45.2. The number of rotatable bonds is 7. The first kappa shape index (κ1) is 94.2. The second kappa shape index (κ2) is 46.8. The summed E-state index contributed by atoms with van der Waals surface area (Å²) < 4.78 is 0. The molecule has 0 radical (unpaired) electrons. The number of hydrogen-bond acceptors (Lipinski definition) is 2. The van der Waals surface area contributed by atoms with Crippen LogP contribution >= 0.6 is 0 Å². The van der Waals surface area contributed by atoms with Gasteiger partial charge >= 0.3 is 0 Å². The number of benzene rings is 16.